The second-order valence-corrected chi connectivity index (χ2v) is 8.55. The molecule has 0 atom stereocenters. The van der Waals surface area contributed by atoms with E-state index in [1.54, 1.807) is 11.0 Å². The summed E-state index contributed by atoms with van der Waals surface area (Å²) in [6.07, 6.45) is 1.12. The first-order chi connectivity index (χ1) is 16.8. The van der Waals surface area contributed by atoms with Crippen molar-refractivity contribution in [2.45, 2.75) is 13.5 Å². The third-order valence-electron chi connectivity index (χ3n) is 5.39. The first kappa shape index (κ1) is 26.2. The first-order valence-electron chi connectivity index (χ1n) is 11.1. The van der Waals surface area contributed by atoms with Crippen molar-refractivity contribution in [2.24, 2.45) is 10.8 Å². The van der Waals surface area contributed by atoms with E-state index in [2.05, 4.69) is 46.7 Å². The summed E-state index contributed by atoms with van der Waals surface area (Å²) >= 11 is 4.59. The standard InChI is InChI=1S/C19H20F3N5S.C7H8/c20-15-3-1-2-13(8-15)12-26-4-6-27(7-5-26)18-10-16(21)14(9-17(18)22)11-24-25-19(23)28;1-7-5-3-2-4-6-7/h1-3,8-11H,4-7,12H2,(H3,23,25,28);2-6H,1H3/b24-11+;. The number of hydrogen-bond donors (Lipinski definition) is 2. The number of thiocarbonyl (C=S) groups is 1. The molecule has 0 aliphatic carbocycles. The SMILES string of the molecule is Cc1ccccc1.NC(=S)N/N=C/c1cc(F)c(N2CCN(Cc3cccc(F)c3)CC2)cc1F. The number of benzene rings is 3. The summed E-state index contributed by atoms with van der Waals surface area (Å²) in [4.78, 5) is 3.95. The zero-order chi connectivity index (χ0) is 25.2. The van der Waals surface area contributed by atoms with E-state index >= 15 is 0 Å². The van der Waals surface area contributed by atoms with Crippen molar-refractivity contribution in [3.63, 3.8) is 0 Å². The molecule has 0 radical (unpaired) electrons. The van der Waals surface area contributed by atoms with Crippen LogP contribution in [-0.2, 0) is 6.54 Å². The van der Waals surface area contributed by atoms with Gasteiger partial charge in [-0.2, -0.15) is 5.10 Å². The smallest absolute Gasteiger partial charge is 0.184 e. The lowest BCUT2D eigenvalue weighted by molar-refractivity contribution is 0.249. The fraction of sp³-hybridized carbons (Fsp3) is 0.231. The third-order valence-corrected chi connectivity index (χ3v) is 5.48. The van der Waals surface area contributed by atoms with Crippen LogP contribution < -0.4 is 16.1 Å². The second-order valence-electron chi connectivity index (χ2n) is 8.11. The van der Waals surface area contributed by atoms with Gasteiger partial charge in [0.2, 0.25) is 0 Å². The topological polar surface area (TPSA) is 56.9 Å². The predicted octanol–water partition coefficient (Wildman–Crippen LogP) is 4.59. The summed E-state index contributed by atoms with van der Waals surface area (Å²) in [5.41, 5.74) is 9.94. The molecule has 9 heteroatoms. The van der Waals surface area contributed by atoms with Gasteiger partial charge in [-0.05, 0) is 42.9 Å². The Morgan fingerprint density at radius 1 is 0.971 bits per heavy atom. The third kappa shape index (κ3) is 8.38. The van der Waals surface area contributed by atoms with Crippen molar-refractivity contribution in [2.75, 3.05) is 31.1 Å². The van der Waals surface area contributed by atoms with Gasteiger partial charge in [0.1, 0.15) is 17.5 Å². The fourth-order valence-corrected chi connectivity index (χ4v) is 3.69. The average molecular weight is 500 g/mol. The normalized spacial score (nSPS) is 13.9. The lowest BCUT2D eigenvalue weighted by atomic mass is 10.1. The van der Waals surface area contributed by atoms with Gasteiger partial charge in [-0.1, -0.05) is 48.0 Å². The van der Waals surface area contributed by atoms with E-state index in [0.29, 0.717) is 32.7 Å². The number of piperazine rings is 1. The van der Waals surface area contributed by atoms with E-state index in [1.165, 1.54) is 23.8 Å². The second kappa shape index (κ2) is 12.9. The first-order valence-corrected chi connectivity index (χ1v) is 11.5. The summed E-state index contributed by atoms with van der Waals surface area (Å²) in [7, 11) is 0. The molecule has 5 nitrogen and oxygen atoms in total. The van der Waals surface area contributed by atoms with Gasteiger partial charge in [0.25, 0.3) is 0 Å². The molecule has 184 valence electrons. The van der Waals surface area contributed by atoms with E-state index < -0.39 is 11.6 Å². The van der Waals surface area contributed by atoms with Gasteiger partial charge in [0.15, 0.2) is 5.11 Å². The molecule has 0 unspecified atom stereocenters. The van der Waals surface area contributed by atoms with Gasteiger partial charge in [0, 0.05) is 44.4 Å². The molecule has 1 saturated heterocycles. The zero-order valence-electron chi connectivity index (χ0n) is 19.4. The number of halogens is 3. The number of rotatable bonds is 5. The highest BCUT2D eigenvalue weighted by atomic mass is 32.1. The molecular weight excluding hydrogens is 471 g/mol. The lowest BCUT2D eigenvalue weighted by Gasteiger charge is -2.36. The van der Waals surface area contributed by atoms with Gasteiger partial charge >= 0.3 is 0 Å². The van der Waals surface area contributed by atoms with Gasteiger partial charge in [-0.25, -0.2) is 13.2 Å². The number of nitrogens with zero attached hydrogens (tertiary/aromatic N) is 3. The molecule has 3 aromatic carbocycles. The Bertz CT molecular complexity index is 1150. The van der Waals surface area contributed by atoms with Crippen LogP contribution in [0.1, 0.15) is 16.7 Å². The molecule has 0 spiro atoms. The van der Waals surface area contributed by atoms with Crippen LogP contribution in [0.3, 0.4) is 0 Å². The van der Waals surface area contributed by atoms with Crippen LogP contribution >= 0.6 is 12.2 Å². The largest absolute Gasteiger partial charge is 0.375 e. The molecule has 1 fully saturated rings. The summed E-state index contributed by atoms with van der Waals surface area (Å²) in [5.74, 6) is -1.38. The van der Waals surface area contributed by atoms with Crippen LogP contribution in [0.15, 0.2) is 71.8 Å². The zero-order valence-corrected chi connectivity index (χ0v) is 20.2. The maximum atomic E-state index is 14.5. The molecule has 0 bridgehead atoms. The minimum Gasteiger partial charge on any atom is -0.375 e. The number of nitrogens with one attached hydrogen (secondary N) is 1. The highest BCUT2D eigenvalue weighted by Gasteiger charge is 2.21. The van der Waals surface area contributed by atoms with Crippen LogP contribution in [0.25, 0.3) is 0 Å². The van der Waals surface area contributed by atoms with E-state index in [9.17, 15) is 13.2 Å². The van der Waals surface area contributed by atoms with Gasteiger partial charge < -0.3 is 10.6 Å². The molecule has 0 aromatic heterocycles. The molecule has 1 aliphatic heterocycles. The number of hydrogen-bond acceptors (Lipinski definition) is 4. The number of anilines is 1. The quantitative estimate of drug-likeness (QED) is 0.306. The summed E-state index contributed by atoms with van der Waals surface area (Å²) in [6, 6.07) is 19.0. The predicted molar refractivity (Wildman–Crippen MR) is 139 cm³/mol. The molecule has 35 heavy (non-hydrogen) atoms. The molecule has 4 rings (SSSR count). The van der Waals surface area contributed by atoms with Crippen molar-refractivity contribution in [3.8, 4) is 0 Å². The van der Waals surface area contributed by atoms with Crippen molar-refractivity contribution in [3.05, 3.63) is 101 Å². The van der Waals surface area contributed by atoms with Gasteiger partial charge in [-0.15, -0.1) is 0 Å². The number of nitrogens with two attached hydrogens (primary N) is 1. The Hall–Kier alpha value is -3.43. The van der Waals surface area contributed by atoms with Gasteiger partial charge in [-0.3, -0.25) is 10.3 Å². The van der Waals surface area contributed by atoms with Crippen LogP contribution in [0.4, 0.5) is 18.9 Å². The fourth-order valence-electron chi connectivity index (χ4n) is 3.63. The van der Waals surface area contributed by atoms with Crippen molar-refractivity contribution < 1.29 is 13.2 Å². The average Bonchev–Trinajstić information content (AvgIpc) is 2.82. The molecule has 3 aromatic rings. The highest BCUT2D eigenvalue weighted by Crippen LogP contribution is 2.24. The van der Waals surface area contributed by atoms with Gasteiger partial charge in [0.05, 0.1) is 11.9 Å². The number of hydrazone groups is 1. The summed E-state index contributed by atoms with van der Waals surface area (Å²) in [6.45, 7) is 5.12. The molecule has 0 amide bonds. The Morgan fingerprint density at radius 3 is 2.29 bits per heavy atom. The Morgan fingerprint density at radius 2 is 1.69 bits per heavy atom. The maximum Gasteiger partial charge on any atom is 0.184 e. The van der Waals surface area contributed by atoms with E-state index in [1.807, 2.05) is 24.3 Å². The van der Waals surface area contributed by atoms with Crippen molar-refractivity contribution >= 4 is 29.2 Å². The van der Waals surface area contributed by atoms with Crippen molar-refractivity contribution in [1.29, 1.82) is 0 Å². The highest BCUT2D eigenvalue weighted by molar-refractivity contribution is 7.80. The summed E-state index contributed by atoms with van der Waals surface area (Å²) < 4.78 is 42.1. The molecule has 1 heterocycles. The lowest BCUT2D eigenvalue weighted by Crippen LogP contribution is -2.46. The Balaban J connectivity index is 0.000000420. The maximum absolute atomic E-state index is 14.5. The number of aryl methyl sites for hydroxylation is 1. The Kier molecular flexibility index (Phi) is 9.63. The minimum absolute atomic E-state index is 0.00487. The Labute approximate surface area is 209 Å². The van der Waals surface area contributed by atoms with E-state index in [0.717, 1.165) is 17.8 Å². The van der Waals surface area contributed by atoms with Crippen LogP contribution in [0, 0.1) is 24.4 Å². The van der Waals surface area contributed by atoms with E-state index in [4.69, 9.17) is 5.73 Å². The summed E-state index contributed by atoms with van der Waals surface area (Å²) in [5, 5.41) is 3.58. The molecule has 1 aliphatic rings. The minimum atomic E-state index is -0.591. The molecule has 0 saturated carbocycles. The molecule has 3 N–H and O–H groups in total. The van der Waals surface area contributed by atoms with Crippen LogP contribution in [0.2, 0.25) is 0 Å². The van der Waals surface area contributed by atoms with E-state index in [-0.39, 0.29) is 22.2 Å². The van der Waals surface area contributed by atoms with Crippen LogP contribution in [-0.4, -0.2) is 42.4 Å². The monoisotopic (exact) mass is 499 g/mol. The van der Waals surface area contributed by atoms with Crippen LogP contribution in [0.5, 0.6) is 0 Å². The van der Waals surface area contributed by atoms with Crippen molar-refractivity contribution in [1.82, 2.24) is 10.3 Å². The molecular formula is C26H28F3N5S.